The summed E-state index contributed by atoms with van der Waals surface area (Å²) in [6.45, 7) is 0. The van der Waals surface area contributed by atoms with Crippen LogP contribution in [0.1, 0.15) is 21.1 Å². The first kappa shape index (κ1) is 9.73. The average Bonchev–Trinajstić information content (AvgIpc) is 2.40. The maximum atomic E-state index is 11.1. The standard InChI is InChI=1S/C7H7ClN2O3/c1-10-4(3-11)9-6(8)5(10)7(12)13-2/h3H,1-2H3. The summed E-state index contributed by atoms with van der Waals surface area (Å²) < 4.78 is 5.73. The normalized spacial score (nSPS) is 9.77. The Morgan fingerprint density at radius 3 is 2.69 bits per heavy atom. The number of carbonyl (C=O) groups excluding carboxylic acids is 2. The number of esters is 1. The van der Waals surface area contributed by atoms with Crippen molar-refractivity contribution in [3.8, 4) is 0 Å². The van der Waals surface area contributed by atoms with E-state index in [1.807, 2.05) is 0 Å². The molecule has 13 heavy (non-hydrogen) atoms. The van der Waals surface area contributed by atoms with Gasteiger partial charge in [-0.25, -0.2) is 9.78 Å². The molecule has 0 amide bonds. The zero-order valence-corrected chi connectivity index (χ0v) is 7.83. The second-order valence-electron chi connectivity index (χ2n) is 2.28. The first-order valence-corrected chi connectivity index (χ1v) is 3.75. The van der Waals surface area contributed by atoms with Gasteiger partial charge in [-0.15, -0.1) is 0 Å². The summed E-state index contributed by atoms with van der Waals surface area (Å²) >= 11 is 5.61. The van der Waals surface area contributed by atoms with Gasteiger partial charge >= 0.3 is 5.97 Å². The van der Waals surface area contributed by atoms with Crippen LogP contribution in [0.5, 0.6) is 0 Å². The molecule has 0 unspecified atom stereocenters. The minimum Gasteiger partial charge on any atom is -0.464 e. The molecule has 70 valence electrons. The summed E-state index contributed by atoms with van der Waals surface area (Å²) in [4.78, 5) is 25.2. The van der Waals surface area contributed by atoms with E-state index in [-0.39, 0.29) is 16.7 Å². The van der Waals surface area contributed by atoms with Crippen molar-refractivity contribution >= 4 is 23.9 Å². The molecule has 1 aromatic rings. The first-order valence-electron chi connectivity index (χ1n) is 3.37. The highest BCUT2D eigenvalue weighted by atomic mass is 35.5. The summed E-state index contributed by atoms with van der Waals surface area (Å²) in [6.07, 6.45) is 0.512. The van der Waals surface area contributed by atoms with E-state index in [9.17, 15) is 9.59 Å². The Morgan fingerprint density at radius 1 is 1.69 bits per heavy atom. The van der Waals surface area contributed by atoms with Crippen molar-refractivity contribution < 1.29 is 14.3 Å². The zero-order valence-electron chi connectivity index (χ0n) is 7.07. The lowest BCUT2D eigenvalue weighted by Gasteiger charge is -2.00. The molecule has 0 saturated heterocycles. The second-order valence-corrected chi connectivity index (χ2v) is 2.64. The molecular formula is C7H7ClN2O3. The summed E-state index contributed by atoms with van der Waals surface area (Å²) in [6, 6.07) is 0. The molecule has 0 spiro atoms. The lowest BCUT2D eigenvalue weighted by molar-refractivity contribution is 0.0590. The second kappa shape index (κ2) is 3.57. The number of ether oxygens (including phenoxy) is 1. The molecule has 0 N–H and O–H groups in total. The van der Waals surface area contributed by atoms with E-state index in [0.717, 1.165) is 0 Å². The minimum absolute atomic E-state index is 0.0311. The van der Waals surface area contributed by atoms with E-state index in [0.29, 0.717) is 6.29 Å². The number of carbonyl (C=O) groups is 2. The van der Waals surface area contributed by atoms with Crippen molar-refractivity contribution in [3.63, 3.8) is 0 Å². The monoisotopic (exact) mass is 202 g/mol. The number of methoxy groups -OCH3 is 1. The lowest BCUT2D eigenvalue weighted by atomic mass is 10.5. The maximum Gasteiger partial charge on any atom is 0.357 e. The number of rotatable bonds is 2. The third-order valence-corrected chi connectivity index (χ3v) is 1.83. The van der Waals surface area contributed by atoms with Gasteiger partial charge in [0.1, 0.15) is 0 Å². The van der Waals surface area contributed by atoms with Crippen LogP contribution in [-0.4, -0.2) is 28.9 Å². The van der Waals surface area contributed by atoms with Crippen LogP contribution in [-0.2, 0) is 11.8 Å². The predicted octanol–water partition coefficient (Wildman–Crippen LogP) is 0.673. The van der Waals surface area contributed by atoms with E-state index in [2.05, 4.69) is 9.72 Å². The van der Waals surface area contributed by atoms with Gasteiger partial charge in [0.15, 0.2) is 23.0 Å². The molecule has 0 aliphatic rings. The Bertz CT molecular complexity index is 359. The molecule has 5 nitrogen and oxygen atoms in total. The van der Waals surface area contributed by atoms with Crippen molar-refractivity contribution in [1.82, 2.24) is 9.55 Å². The van der Waals surface area contributed by atoms with Crippen LogP contribution in [0, 0.1) is 0 Å². The highest BCUT2D eigenvalue weighted by Gasteiger charge is 2.19. The predicted molar refractivity (Wildman–Crippen MR) is 44.9 cm³/mol. The van der Waals surface area contributed by atoms with Crippen molar-refractivity contribution in [2.24, 2.45) is 7.05 Å². The van der Waals surface area contributed by atoms with E-state index in [4.69, 9.17) is 11.6 Å². The van der Waals surface area contributed by atoms with Gasteiger partial charge < -0.3 is 9.30 Å². The molecular weight excluding hydrogens is 196 g/mol. The molecule has 0 aromatic carbocycles. The Balaban J connectivity index is 3.28. The maximum absolute atomic E-state index is 11.1. The molecule has 0 fully saturated rings. The van der Waals surface area contributed by atoms with Crippen LogP contribution in [0.15, 0.2) is 0 Å². The van der Waals surface area contributed by atoms with E-state index < -0.39 is 5.97 Å². The first-order chi connectivity index (χ1) is 6.11. The topological polar surface area (TPSA) is 61.2 Å². The Kier molecular flexibility index (Phi) is 2.67. The fraction of sp³-hybridized carbons (Fsp3) is 0.286. The SMILES string of the molecule is COC(=O)c1c(Cl)nc(C=O)n1C. The van der Waals surface area contributed by atoms with E-state index in [1.54, 1.807) is 0 Å². The molecule has 0 radical (unpaired) electrons. The molecule has 1 heterocycles. The molecule has 6 heteroatoms. The summed E-state index contributed by atoms with van der Waals surface area (Å²) in [5.74, 6) is -0.529. The summed E-state index contributed by atoms with van der Waals surface area (Å²) in [5, 5.41) is -0.0311. The number of aromatic nitrogens is 2. The zero-order chi connectivity index (χ0) is 10.0. The quantitative estimate of drug-likeness (QED) is 0.523. The third kappa shape index (κ3) is 1.55. The molecule has 0 atom stereocenters. The minimum atomic E-state index is -0.618. The highest BCUT2D eigenvalue weighted by Crippen LogP contribution is 2.15. The Labute approximate surface area is 79.3 Å². The van der Waals surface area contributed by atoms with Crippen molar-refractivity contribution in [2.75, 3.05) is 7.11 Å². The Hall–Kier alpha value is -1.36. The largest absolute Gasteiger partial charge is 0.464 e. The van der Waals surface area contributed by atoms with Gasteiger partial charge in [-0.3, -0.25) is 4.79 Å². The average molecular weight is 203 g/mol. The van der Waals surface area contributed by atoms with Crippen molar-refractivity contribution in [3.05, 3.63) is 16.7 Å². The van der Waals surface area contributed by atoms with E-state index in [1.165, 1.54) is 18.7 Å². The number of halogens is 1. The fourth-order valence-electron chi connectivity index (χ4n) is 0.905. The number of nitrogens with zero attached hydrogens (tertiary/aromatic N) is 2. The molecule has 0 bridgehead atoms. The molecule has 1 rings (SSSR count). The number of imidazole rings is 1. The summed E-state index contributed by atoms with van der Waals surface area (Å²) in [5.41, 5.74) is 0.0752. The summed E-state index contributed by atoms with van der Waals surface area (Å²) in [7, 11) is 2.74. The third-order valence-electron chi connectivity index (χ3n) is 1.57. The van der Waals surface area contributed by atoms with Crippen LogP contribution >= 0.6 is 11.6 Å². The highest BCUT2D eigenvalue weighted by molar-refractivity contribution is 6.32. The van der Waals surface area contributed by atoms with Gasteiger partial charge in [0, 0.05) is 7.05 Å². The van der Waals surface area contributed by atoms with Gasteiger partial charge in [0.05, 0.1) is 7.11 Å². The lowest BCUT2D eigenvalue weighted by Crippen LogP contribution is -2.09. The number of aldehydes is 1. The van der Waals surface area contributed by atoms with Crippen molar-refractivity contribution in [2.45, 2.75) is 0 Å². The number of hydrogen-bond donors (Lipinski definition) is 0. The Morgan fingerprint density at radius 2 is 2.31 bits per heavy atom. The van der Waals surface area contributed by atoms with E-state index >= 15 is 0 Å². The smallest absolute Gasteiger partial charge is 0.357 e. The van der Waals surface area contributed by atoms with Crippen LogP contribution in [0.4, 0.5) is 0 Å². The van der Waals surface area contributed by atoms with Gasteiger partial charge in [-0.2, -0.15) is 0 Å². The van der Waals surface area contributed by atoms with Crippen molar-refractivity contribution in [1.29, 1.82) is 0 Å². The van der Waals surface area contributed by atoms with Gasteiger partial charge in [0.25, 0.3) is 0 Å². The molecule has 0 aliphatic carbocycles. The van der Waals surface area contributed by atoms with Crippen LogP contribution in [0.3, 0.4) is 0 Å². The van der Waals surface area contributed by atoms with Gasteiger partial charge in [-0.1, -0.05) is 11.6 Å². The fourth-order valence-corrected chi connectivity index (χ4v) is 1.20. The molecule has 0 saturated carbocycles. The van der Waals surface area contributed by atoms with Gasteiger partial charge in [-0.05, 0) is 0 Å². The van der Waals surface area contributed by atoms with Crippen LogP contribution in [0.2, 0.25) is 5.15 Å². The van der Waals surface area contributed by atoms with Crippen LogP contribution in [0.25, 0.3) is 0 Å². The van der Waals surface area contributed by atoms with Crippen LogP contribution < -0.4 is 0 Å². The molecule has 0 aliphatic heterocycles. The molecule has 1 aromatic heterocycles. The number of hydrogen-bond acceptors (Lipinski definition) is 4. The van der Waals surface area contributed by atoms with Gasteiger partial charge in [0.2, 0.25) is 0 Å².